The Bertz CT molecular complexity index is 557. The molecule has 4 nitrogen and oxygen atoms in total. The Morgan fingerprint density at radius 3 is 2.88 bits per heavy atom. The van der Waals surface area contributed by atoms with Crippen LogP contribution in [0.25, 0.3) is 10.9 Å². The summed E-state index contributed by atoms with van der Waals surface area (Å²) < 4.78 is 7.32. The summed E-state index contributed by atoms with van der Waals surface area (Å²) in [4.78, 5) is 10.9. The molecule has 1 heterocycles. The van der Waals surface area contributed by atoms with Crippen LogP contribution in [0.2, 0.25) is 0 Å². The lowest BCUT2D eigenvalue weighted by atomic mass is 10.1. The number of rotatable bonds is 4. The van der Waals surface area contributed by atoms with E-state index in [1.54, 1.807) is 12.1 Å². The standard InChI is InChI=1S/C13H15NO3/c1-3-17-8-10-7-14(2)12-6-9(13(15)16)4-5-11(10)12/h4-7H,3,8H2,1-2H3,(H,15,16). The van der Waals surface area contributed by atoms with Crippen molar-refractivity contribution in [1.82, 2.24) is 4.57 Å². The number of carbonyl (C=O) groups is 1. The molecule has 0 aliphatic carbocycles. The van der Waals surface area contributed by atoms with E-state index in [4.69, 9.17) is 9.84 Å². The quantitative estimate of drug-likeness (QED) is 0.882. The third kappa shape index (κ3) is 2.17. The molecule has 4 heteroatoms. The van der Waals surface area contributed by atoms with Crippen molar-refractivity contribution in [2.24, 2.45) is 7.05 Å². The molecule has 0 saturated heterocycles. The summed E-state index contributed by atoms with van der Waals surface area (Å²) in [6.45, 7) is 3.18. The number of hydrogen-bond donors (Lipinski definition) is 1. The summed E-state index contributed by atoms with van der Waals surface area (Å²) in [5, 5.41) is 10.00. The Balaban J connectivity index is 2.49. The minimum atomic E-state index is -0.903. The van der Waals surface area contributed by atoms with Crippen LogP contribution >= 0.6 is 0 Å². The van der Waals surface area contributed by atoms with Crippen molar-refractivity contribution < 1.29 is 14.6 Å². The van der Waals surface area contributed by atoms with Crippen LogP contribution in [0.5, 0.6) is 0 Å². The average molecular weight is 233 g/mol. The van der Waals surface area contributed by atoms with Gasteiger partial charge in [-0.1, -0.05) is 6.07 Å². The maximum absolute atomic E-state index is 10.9. The van der Waals surface area contributed by atoms with Gasteiger partial charge in [-0.15, -0.1) is 0 Å². The number of ether oxygens (including phenoxy) is 1. The first kappa shape index (κ1) is 11.7. The van der Waals surface area contributed by atoms with E-state index >= 15 is 0 Å². The molecule has 0 saturated carbocycles. The first-order chi connectivity index (χ1) is 8.13. The Morgan fingerprint density at radius 1 is 1.47 bits per heavy atom. The zero-order valence-corrected chi connectivity index (χ0v) is 9.93. The van der Waals surface area contributed by atoms with Crippen LogP contribution in [0.4, 0.5) is 0 Å². The second kappa shape index (κ2) is 4.59. The second-order valence-corrected chi connectivity index (χ2v) is 3.94. The zero-order valence-electron chi connectivity index (χ0n) is 9.93. The molecule has 0 unspecified atom stereocenters. The van der Waals surface area contributed by atoms with Crippen LogP contribution < -0.4 is 0 Å². The van der Waals surface area contributed by atoms with Gasteiger partial charge in [0, 0.05) is 36.3 Å². The number of nitrogens with zero attached hydrogens (tertiary/aromatic N) is 1. The Morgan fingerprint density at radius 2 is 2.24 bits per heavy atom. The third-order valence-corrected chi connectivity index (χ3v) is 2.78. The van der Waals surface area contributed by atoms with Gasteiger partial charge in [0.25, 0.3) is 0 Å². The fourth-order valence-electron chi connectivity index (χ4n) is 1.93. The number of fused-ring (bicyclic) bond motifs is 1. The van der Waals surface area contributed by atoms with Crippen LogP contribution in [0, 0.1) is 0 Å². The lowest BCUT2D eigenvalue weighted by Gasteiger charge is -2.00. The number of benzene rings is 1. The van der Waals surface area contributed by atoms with Gasteiger partial charge >= 0.3 is 5.97 Å². The molecule has 90 valence electrons. The van der Waals surface area contributed by atoms with Crippen LogP contribution in [0.3, 0.4) is 0 Å². The highest BCUT2D eigenvalue weighted by atomic mass is 16.5. The summed E-state index contributed by atoms with van der Waals surface area (Å²) >= 11 is 0. The number of aryl methyl sites for hydroxylation is 1. The fourth-order valence-corrected chi connectivity index (χ4v) is 1.93. The second-order valence-electron chi connectivity index (χ2n) is 3.94. The topological polar surface area (TPSA) is 51.5 Å². The molecule has 2 aromatic rings. The van der Waals surface area contributed by atoms with E-state index in [1.165, 1.54) is 0 Å². The first-order valence-corrected chi connectivity index (χ1v) is 5.52. The van der Waals surface area contributed by atoms with Gasteiger partial charge in [-0.05, 0) is 19.1 Å². The van der Waals surface area contributed by atoms with E-state index in [1.807, 2.05) is 30.8 Å². The molecule has 0 atom stereocenters. The van der Waals surface area contributed by atoms with Gasteiger partial charge in [0.2, 0.25) is 0 Å². The highest BCUT2D eigenvalue weighted by Gasteiger charge is 2.09. The molecular formula is C13H15NO3. The number of hydrogen-bond acceptors (Lipinski definition) is 2. The third-order valence-electron chi connectivity index (χ3n) is 2.78. The first-order valence-electron chi connectivity index (χ1n) is 5.52. The van der Waals surface area contributed by atoms with Gasteiger partial charge in [0.1, 0.15) is 0 Å². The lowest BCUT2D eigenvalue weighted by Crippen LogP contribution is -1.96. The molecular weight excluding hydrogens is 218 g/mol. The van der Waals surface area contributed by atoms with Crippen LogP contribution in [-0.2, 0) is 18.4 Å². The minimum absolute atomic E-state index is 0.307. The summed E-state index contributed by atoms with van der Waals surface area (Å²) in [5.74, 6) is -0.903. The monoisotopic (exact) mass is 233 g/mol. The Kier molecular flexibility index (Phi) is 3.15. The van der Waals surface area contributed by atoms with Crippen LogP contribution in [0.15, 0.2) is 24.4 Å². The smallest absolute Gasteiger partial charge is 0.335 e. The van der Waals surface area contributed by atoms with E-state index in [0.717, 1.165) is 16.5 Å². The largest absolute Gasteiger partial charge is 0.478 e. The molecule has 0 aliphatic heterocycles. The Hall–Kier alpha value is -1.81. The predicted octanol–water partition coefficient (Wildman–Crippen LogP) is 2.41. The van der Waals surface area contributed by atoms with Crippen LogP contribution in [-0.4, -0.2) is 22.2 Å². The molecule has 0 aliphatic rings. The molecule has 0 fully saturated rings. The van der Waals surface area contributed by atoms with Crippen molar-refractivity contribution in [3.8, 4) is 0 Å². The molecule has 0 amide bonds. The van der Waals surface area contributed by atoms with Crippen LogP contribution in [0.1, 0.15) is 22.8 Å². The van der Waals surface area contributed by atoms with Gasteiger partial charge in [0.05, 0.1) is 12.2 Å². The Labute approximate surface area is 99.4 Å². The van der Waals surface area contributed by atoms with Gasteiger partial charge < -0.3 is 14.4 Å². The molecule has 0 radical (unpaired) electrons. The SMILES string of the molecule is CCOCc1cn(C)c2cc(C(=O)O)ccc12. The van der Waals surface area contributed by atoms with Gasteiger partial charge in [-0.2, -0.15) is 0 Å². The molecule has 1 aromatic heterocycles. The summed E-state index contributed by atoms with van der Waals surface area (Å²) in [6, 6.07) is 5.15. The van der Waals surface area contributed by atoms with Crippen molar-refractivity contribution >= 4 is 16.9 Å². The van der Waals surface area contributed by atoms with Gasteiger partial charge in [-0.25, -0.2) is 4.79 Å². The van der Waals surface area contributed by atoms with E-state index < -0.39 is 5.97 Å². The van der Waals surface area contributed by atoms with E-state index in [9.17, 15) is 4.79 Å². The molecule has 0 spiro atoms. The molecule has 17 heavy (non-hydrogen) atoms. The zero-order chi connectivity index (χ0) is 12.4. The number of aromatic nitrogens is 1. The summed E-state index contributed by atoms with van der Waals surface area (Å²) in [6.07, 6.45) is 1.98. The van der Waals surface area contributed by atoms with Crippen molar-refractivity contribution in [1.29, 1.82) is 0 Å². The highest BCUT2D eigenvalue weighted by molar-refractivity contribution is 5.94. The van der Waals surface area contributed by atoms with E-state index in [2.05, 4.69) is 0 Å². The molecule has 1 N–H and O–H groups in total. The average Bonchev–Trinajstić information content (AvgIpc) is 2.63. The van der Waals surface area contributed by atoms with Crippen molar-refractivity contribution in [2.45, 2.75) is 13.5 Å². The maximum Gasteiger partial charge on any atom is 0.335 e. The van der Waals surface area contributed by atoms with Crippen molar-refractivity contribution in [2.75, 3.05) is 6.61 Å². The minimum Gasteiger partial charge on any atom is -0.478 e. The number of aromatic carboxylic acids is 1. The van der Waals surface area contributed by atoms with E-state index in [-0.39, 0.29) is 0 Å². The molecule has 0 bridgehead atoms. The predicted molar refractivity (Wildman–Crippen MR) is 65.2 cm³/mol. The van der Waals surface area contributed by atoms with E-state index in [0.29, 0.717) is 18.8 Å². The maximum atomic E-state index is 10.9. The van der Waals surface area contributed by atoms with Crippen molar-refractivity contribution in [3.63, 3.8) is 0 Å². The van der Waals surface area contributed by atoms with Gasteiger partial charge in [0.15, 0.2) is 0 Å². The highest BCUT2D eigenvalue weighted by Crippen LogP contribution is 2.22. The normalized spacial score (nSPS) is 10.9. The molecule has 1 aromatic carbocycles. The van der Waals surface area contributed by atoms with Gasteiger partial charge in [-0.3, -0.25) is 0 Å². The summed E-state index contributed by atoms with van der Waals surface area (Å²) in [7, 11) is 1.91. The lowest BCUT2D eigenvalue weighted by molar-refractivity contribution is 0.0697. The summed E-state index contributed by atoms with van der Waals surface area (Å²) in [5.41, 5.74) is 2.31. The molecule has 2 rings (SSSR count). The fraction of sp³-hybridized carbons (Fsp3) is 0.308. The van der Waals surface area contributed by atoms with Crippen molar-refractivity contribution in [3.05, 3.63) is 35.5 Å². The number of carboxylic acids is 1. The number of carboxylic acid groups (broad SMARTS) is 1.